The van der Waals surface area contributed by atoms with Crippen molar-refractivity contribution in [3.63, 3.8) is 0 Å². The molecule has 2 amide bonds. The predicted molar refractivity (Wildman–Crippen MR) is 104 cm³/mol. The molecule has 0 aliphatic heterocycles. The maximum atomic E-state index is 14.0. The molecule has 0 heterocycles. The van der Waals surface area contributed by atoms with Crippen LogP contribution in [0.5, 0.6) is 0 Å². The number of rotatable bonds is 8. The van der Waals surface area contributed by atoms with Gasteiger partial charge in [-0.1, -0.05) is 55.5 Å². The number of hydrogen-bond acceptors (Lipinski definition) is 2. The maximum Gasteiger partial charge on any atom is 0.242 e. The van der Waals surface area contributed by atoms with Crippen molar-refractivity contribution >= 4 is 11.8 Å². The van der Waals surface area contributed by atoms with Crippen LogP contribution in [-0.2, 0) is 22.6 Å². The van der Waals surface area contributed by atoms with E-state index in [4.69, 9.17) is 0 Å². The molecule has 0 radical (unpaired) electrons. The van der Waals surface area contributed by atoms with Crippen molar-refractivity contribution in [2.45, 2.75) is 52.2 Å². The number of nitrogens with one attached hydrogen (secondary N) is 1. The van der Waals surface area contributed by atoms with Crippen molar-refractivity contribution in [3.05, 3.63) is 71.5 Å². The van der Waals surface area contributed by atoms with E-state index in [1.165, 1.54) is 11.0 Å². The third kappa shape index (κ3) is 5.91. The molecule has 0 saturated carbocycles. The second kappa shape index (κ2) is 9.86. The maximum absolute atomic E-state index is 14.0. The largest absolute Gasteiger partial charge is 0.352 e. The molecule has 2 unspecified atom stereocenters. The lowest BCUT2D eigenvalue weighted by molar-refractivity contribution is -0.140. The molecule has 2 rings (SSSR count). The molecule has 0 spiro atoms. The fourth-order valence-electron chi connectivity index (χ4n) is 2.73. The molecule has 0 aliphatic rings. The van der Waals surface area contributed by atoms with Crippen molar-refractivity contribution in [1.82, 2.24) is 10.2 Å². The van der Waals surface area contributed by atoms with E-state index in [-0.39, 0.29) is 24.3 Å². The summed E-state index contributed by atoms with van der Waals surface area (Å²) < 4.78 is 14.0. The van der Waals surface area contributed by atoms with E-state index < -0.39 is 11.9 Å². The summed E-state index contributed by atoms with van der Waals surface area (Å²) in [6.45, 7) is 5.91. The highest BCUT2D eigenvalue weighted by Gasteiger charge is 2.27. The first-order valence-corrected chi connectivity index (χ1v) is 9.29. The first-order chi connectivity index (χ1) is 12.9. The SMILES string of the molecule is CCC(C)NC(=O)C(C)N(Cc1ccccc1)C(=O)Cc1ccccc1F. The van der Waals surface area contributed by atoms with Crippen molar-refractivity contribution in [2.75, 3.05) is 0 Å². The smallest absolute Gasteiger partial charge is 0.242 e. The van der Waals surface area contributed by atoms with Gasteiger partial charge in [-0.05, 0) is 37.5 Å². The Bertz CT molecular complexity index is 764. The van der Waals surface area contributed by atoms with Crippen LogP contribution in [0.1, 0.15) is 38.3 Å². The van der Waals surface area contributed by atoms with Crippen LogP contribution in [0.25, 0.3) is 0 Å². The van der Waals surface area contributed by atoms with E-state index in [9.17, 15) is 14.0 Å². The van der Waals surface area contributed by atoms with Crippen LogP contribution in [-0.4, -0.2) is 28.8 Å². The molecule has 4 nitrogen and oxygen atoms in total. The van der Waals surface area contributed by atoms with Gasteiger partial charge in [0.2, 0.25) is 11.8 Å². The van der Waals surface area contributed by atoms with Crippen molar-refractivity contribution in [3.8, 4) is 0 Å². The molecule has 2 atom stereocenters. The van der Waals surface area contributed by atoms with Crippen LogP contribution < -0.4 is 5.32 Å². The van der Waals surface area contributed by atoms with Crippen LogP contribution in [0.2, 0.25) is 0 Å². The molecule has 1 N–H and O–H groups in total. The Labute approximate surface area is 160 Å². The normalized spacial score (nSPS) is 12.9. The topological polar surface area (TPSA) is 49.4 Å². The van der Waals surface area contributed by atoms with E-state index in [1.54, 1.807) is 25.1 Å². The van der Waals surface area contributed by atoms with Crippen LogP contribution in [0, 0.1) is 5.82 Å². The van der Waals surface area contributed by atoms with Gasteiger partial charge in [0, 0.05) is 12.6 Å². The third-order valence-electron chi connectivity index (χ3n) is 4.66. The molecule has 0 bridgehead atoms. The number of halogens is 1. The summed E-state index contributed by atoms with van der Waals surface area (Å²) >= 11 is 0. The third-order valence-corrected chi connectivity index (χ3v) is 4.66. The van der Waals surface area contributed by atoms with Crippen LogP contribution in [0.15, 0.2) is 54.6 Å². The highest BCUT2D eigenvalue weighted by atomic mass is 19.1. The van der Waals surface area contributed by atoms with E-state index >= 15 is 0 Å². The zero-order valence-corrected chi connectivity index (χ0v) is 16.1. The van der Waals surface area contributed by atoms with Gasteiger partial charge in [-0.25, -0.2) is 4.39 Å². The summed E-state index contributed by atoms with van der Waals surface area (Å²) in [7, 11) is 0. The van der Waals surface area contributed by atoms with Gasteiger partial charge < -0.3 is 10.2 Å². The molecule has 0 fully saturated rings. The molecule has 5 heteroatoms. The van der Waals surface area contributed by atoms with E-state index in [0.29, 0.717) is 12.1 Å². The van der Waals surface area contributed by atoms with E-state index in [2.05, 4.69) is 5.32 Å². The first-order valence-electron chi connectivity index (χ1n) is 9.29. The molecule has 0 aromatic heterocycles. The zero-order valence-electron chi connectivity index (χ0n) is 16.1. The fraction of sp³-hybridized carbons (Fsp3) is 0.364. The molecule has 0 saturated heterocycles. The van der Waals surface area contributed by atoms with Crippen LogP contribution in [0.3, 0.4) is 0 Å². The zero-order chi connectivity index (χ0) is 19.8. The van der Waals surface area contributed by atoms with Crippen molar-refractivity contribution in [1.29, 1.82) is 0 Å². The van der Waals surface area contributed by atoms with Crippen LogP contribution in [0.4, 0.5) is 4.39 Å². The van der Waals surface area contributed by atoms with Gasteiger partial charge in [-0.3, -0.25) is 9.59 Å². The van der Waals surface area contributed by atoms with Gasteiger partial charge in [0.15, 0.2) is 0 Å². The van der Waals surface area contributed by atoms with Crippen molar-refractivity contribution in [2.24, 2.45) is 0 Å². The second-order valence-electron chi connectivity index (χ2n) is 6.77. The Hall–Kier alpha value is -2.69. The number of hydrogen-bond donors (Lipinski definition) is 1. The predicted octanol–water partition coefficient (Wildman–Crippen LogP) is 3.70. The minimum atomic E-state index is -0.654. The van der Waals surface area contributed by atoms with Gasteiger partial charge in [0.1, 0.15) is 11.9 Å². The van der Waals surface area contributed by atoms with Crippen LogP contribution >= 0.6 is 0 Å². The summed E-state index contributed by atoms with van der Waals surface area (Å²) in [5.74, 6) is -0.903. The molecule has 27 heavy (non-hydrogen) atoms. The average molecular weight is 370 g/mol. The molecule has 144 valence electrons. The van der Waals surface area contributed by atoms with E-state index in [1.807, 2.05) is 44.2 Å². The minimum absolute atomic E-state index is 0.0280. The highest BCUT2D eigenvalue weighted by molar-refractivity contribution is 5.88. The summed E-state index contributed by atoms with van der Waals surface area (Å²) in [6.07, 6.45) is 0.723. The summed E-state index contributed by atoms with van der Waals surface area (Å²) in [4.78, 5) is 27.1. The van der Waals surface area contributed by atoms with Gasteiger partial charge in [0.05, 0.1) is 6.42 Å². The minimum Gasteiger partial charge on any atom is -0.352 e. The quantitative estimate of drug-likeness (QED) is 0.770. The first kappa shape index (κ1) is 20.6. The van der Waals surface area contributed by atoms with Crippen molar-refractivity contribution < 1.29 is 14.0 Å². The molecule has 0 aliphatic carbocycles. The molecule has 2 aromatic rings. The monoisotopic (exact) mass is 370 g/mol. The molecular formula is C22H27FN2O2. The Morgan fingerprint density at radius 1 is 1.04 bits per heavy atom. The number of nitrogens with zero attached hydrogens (tertiary/aromatic N) is 1. The summed E-state index contributed by atoms with van der Waals surface area (Å²) in [6, 6.07) is 15.1. The summed E-state index contributed by atoms with van der Waals surface area (Å²) in [5.41, 5.74) is 1.25. The Morgan fingerprint density at radius 3 is 2.30 bits per heavy atom. The highest BCUT2D eigenvalue weighted by Crippen LogP contribution is 2.14. The average Bonchev–Trinajstić information content (AvgIpc) is 2.67. The van der Waals surface area contributed by atoms with Gasteiger partial charge in [-0.2, -0.15) is 0 Å². The van der Waals surface area contributed by atoms with Gasteiger partial charge in [0.25, 0.3) is 0 Å². The fourth-order valence-corrected chi connectivity index (χ4v) is 2.73. The lowest BCUT2D eigenvalue weighted by Gasteiger charge is -2.30. The molecular weight excluding hydrogens is 343 g/mol. The van der Waals surface area contributed by atoms with E-state index in [0.717, 1.165) is 12.0 Å². The number of benzene rings is 2. The Kier molecular flexibility index (Phi) is 7.53. The molecule has 2 aromatic carbocycles. The van der Waals surface area contributed by atoms with Gasteiger partial charge >= 0.3 is 0 Å². The summed E-state index contributed by atoms with van der Waals surface area (Å²) in [5, 5.41) is 2.92. The number of carbonyl (C=O) groups is 2. The van der Waals surface area contributed by atoms with Gasteiger partial charge in [-0.15, -0.1) is 0 Å². The number of amides is 2. The lowest BCUT2D eigenvalue weighted by atomic mass is 10.1. The Morgan fingerprint density at radius 2 is 1.67 bits per heavy atom. The number of carbonyl (C=O) groups excluding carboxylic acids is 2. The Balaban J connectivity index is 2.21. The standard InChI is InChI=1S/C22H27FN2O2/c1-4-16(2)24-22(27)17(3)25(15-18-10-6-5-7-11-18)21(26)14-19-12-8-9-13-20(19)23/h5-13,16-17H,4,14-15H2,1-3H3,(H,24,27). The lowest BCUT2D eigenvalue weighted by Crippen LogP contribution is -2.49. The second-order valence-corrected chi connectivity index (χ2v) is 6.77.